The van der Waals surface area contributed by atoms with Crippen LogP contribution in [0, 0.1) is 17.2 Å². The molecule has 0 atom stereocenters. The second-order valence-corrected chi connectivity index (χ2v) is 12.0. The minimum Gasteiger partial charge on any atom is -0.343 e. The third kappa shape index (κ3) is 4.58. The number of nitriles is 1. The van der Waals surface area contributed by atoms with Crippen molar-refractivity contribution < 1.29 is 13.2 Å². The zero-order chi connectivity index (χ0) is 24.7. The molecule has 0 spiro atoms. The number of imidazole rings is 1. The number of rotatable bonds is 4. The number of likely N-dealkylation sites (tertiary alicyclic amines) is 1. The Hall–Kier alpha value is -3.18. The number of fused-ring (bicyclic) bond motifs is 1. The van der Waals surface area contributed by atoms with Crippen molar-refractivity contribution >= 4 is 26.8 Å². The van der Waals surface area contributed by atoms with Gasteiger partial charge in [-0.3, -0.25) is 4.79 Å². The van der Waals surface area contributed by atoms with Crippen LogP contribution >= 0.6 is 0 Å². The molecule has 0 saturated carbocycles. The lowest BCUT2D eigenvalue weighted by molar-refractivity contribution is -0.130. The summed E-state index contributed by atoms with van der Waals surface area (Å²) in [7, 11) is -3.78. The van der Waals surface area contributed by atoms with Crippen molar-refractivity contribution in [1.29, 1.82) is 5.26 Å². The van der Waals surface area contributed by atoms with Gasteiger partial charge in [0.05, 0.1) is 32.5 Å². The van der Waals surface area contributed by atoms with E-state index >= 15 is 0 Å². The van der Waals surface area contributed by atoms with Gasteiger partial charge in [-0.25, -0.2) is 13.4 Å². The fourth-order valence-electron chi connectivity index (χ4n) is 4.59. The molecular weight excluding hydrogens is 448 g/mol. The van der Waals surface area contributed by atoms with E-state index in [-0.39, 0.29) is 21.1 Å². The Labute approximate surface area is 200 Å². The summed E-state index contributed by atoms with van der Waals surface area (Å²) in [4.78, 5) is 18.7. The molecule has 178 valence electrons. The number of hydrogen-bond acceptors (Lipinski definition) is 5. The molecule has 1 saturated heterocycles. The Kier molecular flexibility index (Phi) is 6.26. The van der Waals surface area contributed by atoms with E-state index in [1.807, 2.05) is 17.0 Å². The second-order valence-electron chi connectivity index (χ2n) is 10.0. The minimum absolute atomic E-state index is 0.0959. The van der Waals surface area contributed by atoms with Crippen LogP contribution in [0.3, 0.4) is 0 Å². The molecule has 0 aliphatic carbocycles. The zero-order valence-corrected chi connectivity index (χ0v) is 20.9. The highest BCUT2D eigenvalue weighted by Crippen LogP contribution is 2.32. The maximum Gasteiger partial charge on any atom is 0.219 e. The van der Waals surface area contributed by atoms with Crippen LogP contribution in [-0.2, 0) is 26.6 Å². The molecule has 1 fully saturated rings. The highest BCUT2D eigenvalue weighted by atomic mass is 32.2. The van der Waals surface area contributed by atoms with Gasteiger partial charge < -0.3 is 9.47 Å². The van der Waals surface area contributed by atoms with Crippen molar-refractivity contribution in [3.05, 3.63) is 53.9 Å². The summed E-state index contributed by atoms with van der Waals surface area (Å²) < 4.78 is 28.7. The van der Waals surface area contributed by atoms with Gasteiger partial charge in [-0.1, -0.05) is 26.8 Å². The maximum absolute atomic E-state index is 13.3. The van der Waals surface area contributed by atoms with E-state index in [2.05, 4.69) is 25.3 Å². The number of amides is 1. The van der Waals surface area contributed by atoms with Crippen molar-refractivity contribution in [2.45, 2.75) is 62.3 Å². The number of piperidine rings is 1. The number of carbonyl (C=O) groups is 1. The molecule has 0 radical (unpaired) electrons. The second kappa shape index (κ2) is 8.88. The number of sulfone groups is 1. The van der Waals surface area contributed by atoms with E-state index in [1.165, 1.54) is 12.1 Å². The average molecular weight is 479 g/mol. The maximum atomic E-state index is 13.3. The average Bonchev–Trinajstić information content (AvgIpc) is 3.17. The van der Waals surface area contributed by atoms with Gasteiger partial charge >= 0.3 is 0 Å². The lowest BCUT2D eigenvalue weighted by Gasteiger charge is -2.32. The van der Waals surface area contributed by atoms with Crippen LogP contribution in [0.25, 0.3) is 11.0 Å². The van der Waals surface area contributed by atoms with Crippen molar-refractivity contribution in [3.63, 3.8) is 0 Å². The number of carbonyl (C=O) groups excluding carboxylic acids is 1. The van der Waals surface area contributed by atoms with Gasteiger partial charge in [-0.05, 0) is 55.2 Å². The molecule has 1 aliphatic rings. The highest BCUT2D eigenvalue weighted by Gasteiger charge is 2.28. The van der Waals surface area contributed by atoms with Crippen LogP contribution in [0.1, 0.15) is 51.9 Å². The first-order valence-electron chi connectivity index (χ1n) is 11.5. The predicted molar refractivity (Wildman–Crippen MR) is 130 cm³/mol. The van der Waals surface area contributed by atoms with E-state index in [4.69, 9.17) is 10.2 Å². The molecule has 7 nitrogen and oxygen atoms in total. The van der Waals surface area contributed by atoms with E-state index in [9.17, 15) is 13.2 Å². The first kappa shape index (κ1) is 24.0. The third-order valence-corrected chi connectivity index (χ3v) is 8.22. The van der Waals surface area contributed by atoms with Gasteiger partial charge in [0.2, 0.25) is 15.7 Å². The lowest BCUT2D eigenvalue weighted by Crippen LogP contribution is -2.38. The summed E-state index contributed by atoms with van der Waals surface area (Å²) in [6.45, 7) is 10.2. The Balaban J connectivity index is 1.72. The molecule has 1 aliphatic heterocycles. The molecule has 1 amide bonds. The van der Waals surface area contributed by atoms with Gasteiger partial charge in [0, 0.05) is 32.0 Å². The van der Waals surface area contributed by atoms with E-state index < -0.39 is 9.84 Å². The molecule has 8 heteroatoms. The summed E-state index contributed by atoms with van der Waals surface area (Å²) in [6, 6.07) is 13.2. The molecule has 34 heavy (non-hydrogen) atoms. The molecule has 0 bridgehead atoms. The number of nitrogens with zero attached hydrogens (tertiary/aromatic N) is 4. The Morgan fingerprint density at radius 2 is 1.79 bits per heavy atom. The molecule has 2 aromatic carbocycles. The minimum atomic E-state index is -3.78. The zero-order valence-electron chi connectivity index (χ0n) is 20.1. The van der Waals surface area contributed by atoms with Crippen molar-refractivity contribution in [2.75, 3.05) is 13.1 Å². The van der Waals surface area contributed by atoms with Gasteiger partial charge in [-0.15, -0.1) is 0 Å². The van der Waals surface area contributed by atoms with E-state index in [1.54, 1.807) is 31.2 Å². The highest BCUT2D eigenvalue weighted by molar-refractivity contribution is 7.91. The fourth-order valence-corrected chi connectivity index (χ4v) is 5.92. The quantitative estimate of drug-likeness (QED) is 0.557. The smallest absolute Gasteiger partial charge is 0.219 e. The summed E-state index contributed by atoms with van der Waals surface area (Å²) in [5, 5.41) is 9.15. The topological polar surface area (TPSA) is 96.1 Å². The fraction of sp³-hybridized carbons (Fsp3) is 0.423. The first-order chi connectivity index (χ1) is 16.0. The van der Waals surface area contributed by atoms with Crippen LogP contribution in [-0.4, -0.2) is 41.9 Å². The van der Waals surface area contributed by atoms with Gasteiger partial charge in [-0.2, -0.15) is 5.26 Å². The van der Waals surface area contributed by atoms with Crippen LogP contribution in [0.5, 0.6) is 0 Å². The summed E-state index contributed by atoms with van der Waals surface area (Å²) >= 11 is 0. The van der Waals surface area contributed by atoms with Crippen molar-refractivity contribution in [2.24, 2.45) is 5.92 Å². The van der Waals surface area contributed by atoms with Gasteiger partial charge in [0.25, 0.3) is 0 Å². The molecule has 0 unspecified atom stereocenters. The van der Waals surface area contributed by atoms with Crippen LogP contribution in [0.15, 0.2) is 52.3 Å². The monoisotopic (exact) mass is 478 g/mol. The summed E-state index contributed by atoms with van der Waals surface area (Å²) in [6.07, 6.45) is 1.87. The summed E-state index contributed by atoms with van der Waals surface area (Å²) in [5.41, 5.74) is 1.63. The Bertz CT molecular complexity index is 1390. The molecule has 2 heterocycles. The van der Waals surface area contributed by atoms with Crippen molar-refractivity contribution in [1.82, 2.24) is 14.5 Å². The Morgan fingerprint density at radius 1 is 1.12 bits per heavy atom. The first-order valence-corrected chi connectivity index (χ1v) is 13.0. The molecule has 4 rings (SSSR count). The molecule has 0 N–H and O–H groups in total. The summed E-state index contributed by atoms with van der Waals surface area (Å²) in [5.74, 6) is 1.46. The van der Waals surface area contributed by atoms with Crippen LogP contribution < -0.4 is 0 Å². The van der Waals surface area contributed by atoms with E-state index in [0.717, 1.165) is 43.8 Å². The molecule has 3 aromatic rings. The van der Waals surface area contributed by atoms with E-state index in [0.29, 0.717) is 17.0 Å². The standard InChI is InChI=1S/C26H30N4O3S/c1-18(31)29-12-10-19(11-13-29)17-30-24-9-8-22(15-23(24)28-25(30)26(2,3)4)34(32,33)21-7-5-6-20(14-21)16-27/h5-9,14-15,19H,10-13,17H2,1-4H3. The third-order valence-electron chi connectivity index (χ3n) is 6.47. The van der Waals surface area contributed by atoms with Crippen molar-refractivity contribution in [3.8, 4) is 6.07 Å². The Morgan fingerprint density at radius 3 is 2.41 bits per heavy atom. The normalized spacial score (nSPS) is 15.4. The van der Waals surface area contributed by atoms with Crippen LogP contribution in [0.4, 0.5) is 0 Å². The number of hydrogen-bond donors (Lipinski definition) is 0. The molecular formula is C26H30N4O3S. The van der Waals surface area contributed by atoms with Gasteiger partial charge in [0.15, 0.2) is 0 Å². The largest absolute Gasteiger partial charge is 0.343 e. The SMILES string of the molecule is CC(=O)N1CCC(Cn2c(C(C)(C)C)nc3cc(S(=O)(=O)c4cccc(C#N)c4)ccc32)CC1. The predicted octanol–water partition coefficient (Wildman–Crippen LogP) is 4.30. The lowest BCUT2D eigenvalue weighted by atomic mass is 9.93. The number of benzene rings is 2. The van der Waals surface area contributed by atoms with Crippen LogP contribution in [0.2, 0.25) is 0 Å². The molecule has 1 aromatic heterocycles. The number of aromatic nitrogens is 2. The van der Waals surface area contributed by atoms with Gasteiger partial charge in [0.1, 0.15) is 5.82 Å².